The van der Waals surface area contributed by atoms with Crippen molar-refractivity contribution in [3.8, 4) is 17.2 Å². The molecule has 2 heterocycles. The molecule has 4 rings (SSSR count). The third kappa shape index (κ3) is 2.67. The molecular formula is C17H14N4O3. The first kappa shape index (κ1) is 14.3. The summed E-state index contributed by atoms with van der Waals surface area (Å²) in [7, 11) is 0. The van der Waals surface area contributed by atoms with E-state index in [0.29, 0.717) is 17.2 Å². The van der Waals surface area contributed by atoms with Gasteiger partial charge in [-0.2, -0.15) is 5.10 Å². The predicted octanol–water partition coefficient (Wildman–Crippen LogP) is 2.05. The number of fused-ring (bicyclic) bond motifs is 1. The molecule has 2 aromatic carbocycles. The Morgan fingerprint density at radius 3 is 2.75 bits per heavy atom. The van der Waals surface area contributed by atoms with Gasteiger partial charge in [0.05, 0.1) is 11.4 Å². The molecule has 24 heavy (non-hydrogen) atoms. The number of benzene rings is 2. The molecule has 7 heteroatoms. The van der Waals surface area contributed by atoms with Crippen LogP contribution in [0, 0.1) is 0 Å². The van der Waals surface area contributed by atoms with Crippen LogP contribution in [0.3, 0.4) is 0 Å². The molecule has 1 N–H and O–H groups in total. The number of nitrogens with one attached hydrogen (secondary N) is 1. The van der Waals surface area contributed by atoms with Crippen molar-refractivity contribution >= 4 is 11.6 Å². The molecule has 120 valence electrons. The van der Waals surface area contributed by atoms with Crippen LogP contribution < -0.4 is 14.8 Å². The number of aromatic nitrogens is 3. The Morgan fingerprint density at radius 2 is 1.92 bits per heavy atom. The fraction of sp³-hybridized carbons (Fsp3) is 0.118. The highest BCUT2D eigenvalue weighted by Gasteiger charge is 2.27. The minimum Gasteiger partial charge on any atom is -0.485 e. The van der Waals surface area contributed by atoms with Crippen molar-refractivity contribution in [2.75, 3.05) is 11.9 Å². The van der Waals surface area contributed by atoms with Gasteiger partial charge in [-0.1, -0.05) is 24.3 Å². The van der Waals surface area contributed by atoms with Gasteiger partial charge in [0.25, 0.3) is 5.91 Å². The lowest BCUT2D eigenvalue weighted by atomic mass is 10.2. The number of hydrogen-bond donors (Lipinski definition) is 1. The van der Waals surface area contributed by atoms with E-state index in [1.54, 1.807) is 23.1 Å². The second kappa shape index (κ2) is 6.04. The molecule has 3 aromatic rings. The molecule has 0 saturated heterocycles. The summed E-state index contributed by atoms with van der Waals surface area (Å²) in [5, 5.41) is 6.96. The summed E-state index contributed by atoms with van der Waals surface area (Å²) in [6.07, 6.45) is 2.29. The van der Waals surface area contributed by atoms with E-state index in [2.05, 4.69) is 15.4 Å². The monoisotopic (exact) mass is 322 g/mol. The first-order valence-corrected chi connectivity index (χ1v) is 7.44. The Bertz CT molecular complexity index is 864. The number of para-hydroxylation sites is 4. The molecule has 1 unspecified atom stereocenters. The molecular weight excluding hydrogens is 308 g/mol. The van der Waals surface area contributed by atoms with Gasteiger partial charge in [-0.3, -0.25) is 4.79 Å². The number of carbonyl (C=O) groups excluding carboxylic acids is 1. The molecule has 1 aliphatic rings. The minimum absolute atomic E-state index is 0.161. The van der Waals surface area contributed by atoms with Gasteiger partial charge in [0.1, 0.15) is 19.3 Å². The zero-order valence-corrected chi connectivity index (χ0v) is 12.6. The van der Waals surface area contributed by atoms with E-state index in [1.165, 1.54) is 6.33 Å². The van der Waals surface area contributed by atoms with Crippen molar-refractivity contribution in [2.24, 2.45) is 0 Å². The molecule has 0 saturated carbocycles. The van der Waals surface area contributed by atoms with Crippen LogP contribution in [0.25, 0.3) is 5.69 Å². The van der Waals surface area contributed by atoms with Crippen LogP contribution in [-0.2, 0) is 4.79 Å². The van der Waals surface area contributed by atoms with Gasteiger partial charge in [0, 0.05) is 0 Å². The lowest BCUT2D eigenvalue weighted by Gasteiger charge is -2.25. The second-order valence-electron chi connectivity index (χ2n) is 5.21. The predicted molar refractivity (Wildman–Crippen MR) is 86.3 cm³/mol. The van der Waals surface area contributed by atoms with Gasteiger partial charge in [-0.05, 0) is 24.3 Å². The Morgan fingerprint density at radius 1 is 1.12 bits per heavy atom. The summed E-state index contributed by atoms with van der Waals surface area (Å²) < 4.78 is 12.9. The molecule has 1 amide bonds. The van der Waals surface area contributed by atoms with Crippen molar-refractivity contribution in [3.63, 3.8) is 0 Å². The third-order valence-electron chi connectivity index (χ3n) is 3.63. The van der Waals surface area contributed by atoms with Crippen LogP contribution in [0.5, 0.6) is 11.5 Å². The Labute approximate surface area is 137 Å². The van der Waals surface area contributed by atoms with Gasteiger partial charge in [0.2, 0.25) is 6.10 Å². The largest absolute Gasteiger partial charge is 0.485 e. The van der Waals surface area contributed by atoms with Gasteiger partial charge >= 0.3 is 0 Å². The average molecular weight is 322 g/mol. The lowest BCUT2D eigenvalue weighted by molar-refractivity contribution is -0.125. The Balaban J connectivity index is 1.54. The van der Waals surface area contributed by atoms with Crippen LogP contribution >= 0.6 is 0 Å². The van der Waals surface area contributed by atoms with Crippen LogP contribution in [0.15, 0.2) is 61.2 Å². The Kier molecular flexibility index (Phi) is 3.59. The van der Waals surface area contributed by atoms with Crippen LogP contribution in [0.4, 0.5) is 5.69 Å². The fourth-order valence-electron chi connectivity index (χ4n) is 2.47. The molecule has 1 aliphatic heterocycles. The number of ether oxygens (including phenoxy) is 2. The van der Waals surface area contributed by atoms with E-state index in [4.69, 9.17) is 9.47 Å². The SMILES string of the molecule is O=C(Nc1ccccc1-n1cncn1)C1COc2ccccc2O1. The molecule has 7 nitrogen and oxygen atoms in total. The van der Waals surface area contributed by atoms with E-state index in [0.717, 1.165) is 5.69 Å². The number of rotatable bonds is 3. The number of amides is 1. The fourth-order valence-corrected chi connectivity index (χ4v) is 2.47. The van der Waals surface area contributed by atoms with Crippen LogP contribution in [0.1, 0.15) is 0 Å². The summed E-state index contributed by atoms with van der Waals surface area (Å²) in [5.74, 6) is 0.926. The minimum atomic E-state index is -0.719. The van der Waals surface area contributed by atoms with Gasteiger partial charge in [-0.15, -0.1) is 0 Å². The number of anilines is 1. The zero-order valence-electron chi connectivity index (χ0n) is 12.6. The maximum atomic E-state index is 12.5. The third-order valence-corrected chi connectivity index (χ3v) is 3.63. The number of nitrogens with zero attached hydrogens (tertiary/aromatic N) is 3. The van der Waals surface area contributed by atoms with Crippen LogP contribution in [-0.4, -0.2) is 33.4 Å². The van der Waals surface area contributed by atoms with Gasteiger partial charge < -0.3 is 14.8 Å². The standard InChI is InChI=1S/C17H14N4O3/c22-17(16-9-23-14-7-3-4-8-15(14)24-16)20-12-5-1-2-6-13(12)21-11-18-10-19-21/h1-8,10-11,16H,9H2,(H,20,22). The number of hydrogen-bond acceptors (Lipinski definition) is 5. The maximum Gasteiger partial charge on any atom is 0.269 e. The molecule has 1 aromatic heterocycles. The molecule has 1 atom stereocenters. The van der Waals surface area contributed by atoms with Crippen molar-refractivity contribution in [3.05, 3.63) is 61.2 Å². The summed E-state index contributed by atoms with van der Waals surface area (Å²) in [6, 6.07) is 14.6. The van der Waals surface area contributed by atoms with E-state index in [-0.39, 0.29) is 12.5 Å². The topological polar surface area (TPSA) is 78.3 Å². The molecule has 0 fully saturated rings. The molecule has 0 bridgehead atoms. The maximum absolute atomic E-state index is 12.5. The van der Waals surface area contributed by atoms with Crippen molar-refractivity contribution in [1.82, 2.24) is 14.8 Å². The van der Waals surface area contributed by atoms with E-state index < -0.39 is 6.10 Å². The second-order valence-corrected chi connectivity index (χ2v) is 5.21. The first-order valence-electron chi connectivity index (χ1n) is 7.44. The summed E-state index contributed by atoms with van der Waals surface area (Å²) >= 11 is 0. The highest BCUT2D eigenvalue weighted by atomic mass is 16.6. The summed E-state index contributed by atoms with van der Waals surface area (Å²) in [4.78, 5) is 16.5. The lowest BCUT2D eigenvalue weighted by Crippen LogP contribution is -2.40. The van der Waals surface area contributed by atoms with Crippen molar-refractivity contribution < 1.29 is 14.3 Å². The highest BCUT2D eigenvalue weighted by molar-refractivity contribution is 5.96. The molecule has 0 radical (unpaired) electrons. The molecule has 0 aliphatic carbocycles. The zero-order chi connectivity index (χ0) is 16.4. The summed E-state index contributed by atoms with van der Waals surface area (Å²) in [6.45, 7) is 0.161. The Hall–Kier alpha value is -3.35. The van der Waals surface area contributed by atoms with Gasteiger partial charge in [0.15, 0.2) is 11.5 Å². The first-order chi connectivity index (χ1) is 11.8. The highest BCUT2D eigenvalue weighted by Crippen LogP contribution is 2.31. The van der Waals surface area contributed by atoms with Gasteiger partial charge in [-0.25, -0.2) is 9.67 Å². The smallest absolute Gasteiger partial charge is 0.269 e. The number of carbonyl (C=O) groups is 1. The average Bonchev–Trinajstić information content (AvgIpc) is 3.16. The van der Waals surface area contributed by atoms with E-state index >= 15 is 0 Å². The van der Waals surface area contributed by atoms with Crippen molar-refractivity contribution in [1.29, 1.82) is 0 Å². The molecule has 0 spiro atoms. The van der Waals surface area contributed by atoms with Crippen LogP contribution in [0.2, 0.25) is 0 Å². The van der Waals surface area contributed by atoms with E-state index in [9.17, 15) is 4.79 Å². The van der Waals surface area contributed by atoms with Crippen molar-refractivity contribution in [2.45, 2.75) is 6.10 Å². The normalized spacial score (nSPS) is 15.8. The quantitative estimate of drug-likeness (QED) is 0.798. The summed E-state index contributed by atoms with van der Waals surface area (Å²) in [5.41, 5.74) is 1.34. The van der Waals surface area contributed by atoms with E-state index in [1.807, 2.05) is 36.4 Å².